The van der Waals surface area contributed by atoms with Gasteiger partial charge in [-0.1, -0.05) is 19.8 Å². The fraction of sp³-hybridized carbons (Fsp3) is 0.727. The predicted octanol–water partition coefficient (Wildman–Crippen LogP) is 2.73. The second-order valence-corrected chi connectivity index (χ2v) is 4.00. The molecular formula is C11H18F3N3. The third-order valence-electron chi connectivity index (χ3n) is 2.30. The van der Waals surface area contributed by atoms with Crippen LogP contribution in [-0.4, -0.2) is 22.5 Å². The highest BCUT2D eigenvalue weighted by molar-refractivity contribution is 4.98. The highest BCUT2D eigenvalue weighted by Gasteiger charge is 2.28. The molecule has 0 fully saturated rings. The largest absolute Gasteiger partial charge is 0.408 e. The summed E-state index contributed by atoms with van der Waals surface area (Å²) < 4.78 is 37.1. The minimum absolute atomic E-state index is 0.522. The summed E-state index contributed by atoms with van der Waals surface area (Å²) in [5.41, 5.74) is 0.644. The minimum atomic E-state index is -4.21. The second-order valence-electron chi connectivity index (χ2n) is 4.00. The van der Waals surface area contributed by atoms with Crippen LogP contribution >= 0.6 is 0 Å². The van der Waals surface area contributed by atoms with Crippen molar-refractivity contribution in [1.82, 2.24) is 15.1 Å². The van der Waals surface area contributed by atoms with Crippen LogP contribution in [0.3, 0.4) is 0 Å². The Balaban J connectivity index is 2.26. The molecule has 1 heterocycles. The first-order valence-corrected chi connectivity index (χ1v) is 5.81. The standard InChI is InChI=1S/C11H18F3N3/c1-2-3-4-6-15-8-10-5-7-17(16-10)9-11(12,13)14/h5,7,15H,2-4,6,8-9H2,1H3. The molecule has 0 saturated carbocycles. The molecule has 1 N–H and O–H groups in total. The van der Waals surface area contributed by atoms with Crippen LogP contribution in [-0.2, 0) is 13.1 Å². The number of nitrogens with zero attached hydrogens (tertiary/aromatic N) is 2. The van der Waals surface area contributed by atoms with Crippen molar-refractivity contribution in [2.24, 2.45) is 0 Å². The van der Waals surface area contributed by atoms with Gasteiger partial charge < -0.3 is 5.32 Å². The van der Waals surface area contributed by atoms with E-state index in [9.17, 15) is 13.2 Å². The molecule has 98 valence electrons. The Kier molecular flexibility index (Phi) is 5.47. The van der Waals surface area contributed by atoms with Crippen LogP contribution in [0.2, 0.25) is 0 Å². The molecule has 1 aromatic rings. The van der Waals surface area contributed by atoms with Crippen molar-refractivity contribution in [2.75, 3.05) is 6.54 Å². The zero-order chi connectivity index (χ0) is 12.7. The molecular weight excluding hydrogens is 231 g/mol. The van der Waals surface area contributed by atoms with Gasteiger partial charge in [0.1, 0.15) is 6.54 Å². The van der Waals surface area contributed by atoms with E-state index in [1.54, 1.807) is 6.07 Å². The van der Waals surface area contributed by atoms with Gasteiger partial charge in [0.05, 0.1) is 5.69 Å². The van der Waals surface area contributed by atoms with Crippen LogP contribution in [0.5, 0.6) is 0 Å². The van der Waals surface area contributed by atoms with Gasteiger partial charge in [-0.15, -0.1) is 0 Å². The van der Waals surface area contributed by atoms with Gasteiger partial charge in [0, 0.05) is 12.7 Å². The van der Waals surface area contributed by atoms with Crippen molar-refractivity contribution in [3.63, 3.8) is 0 Å². The number of nitrogens with one attached hydrogen (secondary N) is 1. The van der Waals surface area contributed by atoms with Gasteiger partial charge >= 0.3 is 6.18 Å². The van der Waals surface area contributed by atoms with E-state index in [1.165, 1.54) is 6.20 Å². The van der Waals surface area contributed by atoms with E-state index < -0.39 is 12.7 Å². The zero-order valence-corrected chi connectivity index (χ0v) is 9.93. The summed E-state index contributed by atoms with van der Waals surface area (Å²) in [6.45, 7) is 2.50. The van der Waals surface area contributed by atoms with Gasteiger partial charge in [-0.25, -0.2) is 0 Å². The lowest BCUT2D eigenvalue weighted by Crippen LogP contribution is -2.19. The second kappa shape index (κ2) is 6.64. The molecule has 0 spiro atoms. The fourth-order valence-corrected chi connectivity index (χ4v) is 1.49. The van der Waals surface area contributed by atoms with Gasteiger partial charge in [0.25, 0.3) is 0 Å². The Hall–Kier alpha value is -1.04. The van der Waals surface area contributed by atoms with Crippen LogP contribution in [0, 0.1) is 0 Å². The van der Waals surface area contributed by atoms with E-state index in [0.29, 0.717) is 12.2 Å². The highest BCUT2D eigenvalue weighted by Crippen LogP contribution is 2.16. The lowest BCUT2D eigenvalue weighted by Gasteiger charge is -2.05. The number of aromatic nitrogens is 2. The average Bonchev–Trinajstić information content (AvgIpc) is 2.63. The number of unbranched alkanes of at least 4 members (excludes halogenated alkanes) is 2. The Labute approximate surface area is 99.0 Å². The number of hydrogen-bond acceptors (Lipinski definition) is 2. The topological polar surface area (TPSA) is 29.9 Å². The lowest BCUT2D eigenvalue weighted by molar-refractivity contribution is -0.142. The SMILES string of the molecule is CCCCCNCc1ccn(CC(F)(F)F)n1. The Morgan fingerprint density at radius 1 is 1.35 bits per heavy atom. The first-order valence-electron chi connectivity index (χ1n) is 5.81. The summed E-state index contributed by atoms with van der Waals surface area (Å²) in [4.78, 5) is 0. The average molecular weight is 249 g/mol. The molecule has 0 aromatic carbocycles. The van der Waals surface area contributed by atoms with Crippen molar-refractivity contribution < 1.29 is 13.2 Å². The van der Waals surface area contributed by atoms with Gasteiger partial charge in [-0.3, -0.25) is 4.68 Å². The Morgan fingerprint density at radius 3 is 2.76 bits per heavy atom. The number of halogens is 3. The van der Waals surface area contributed by atoms with E-state index in [0.717, 1.165) is 30.5 Å². The maximum absolute atomic E-state index is 12.1. The Morgan fingerprint density at radius 2 is 2.12 bits per heavy atom. The van der Waals surface area contributed by atoms with Crippen LogP contribution in [0.15, 0.2) is 12.3 Å². The van der Waals surface area contributed by atoms with Gasteiger partial charge in [0.15, 0.2) is 0 Å². The molecule has 3 nitrogen and oxygen atoms in total. The highest BCUT2D eigenvalue weighted by atomic mass is 19.4. The van der Waals surface area contributed by atoms with Crippen LogP contribution in [0.1, 0.15) is 31.9 Å². The molecule has 0 saturated heterocycles. The van der Waals surface area contributed by atoms with Gasteiger partial charge in [-0.2, -0.15) is 18.3 Å². The lowest BCUT2D eigenvalue weighted by atomic mass is 10.2. The Bertz CT molecular complexity index is 320. The smallest absolute Gasteiger partial charge is 0.311 e. The monoisotopic (exact) mass is 249 g/mol. The molecule has 0 atom stereocenters. The first-order chi connectivity index (χ1) is 8.01. The van der Waals surface area contributed by atoms with Crippen molar-refractivity contribution >= 4 is 0 Å². The summed E-state index contributed by atoms with van der Waals surface area (Å²) in [6, 6.07) is 1.61. The molecule has 0 aliphatic heterocycles. The number of alkyl halides is 3. The summed E-state index contributed by atoms with van der Waals surface area (Å²) in [5.74, 6) is 0. The molecule has 6 heteroatoms. The van der Waals surface area contributed by atoms with E-state index in [-0.39, 0.29) is 0 Å². The van der Waals surface area contributed by atoms with Crippen molar-refractivity contribution in [3.05, 3.63) is 18.0 Å². The van der Waals surface area contributed by atoms with Crippen molar-refractivity contribution in [2.45, 2.75) is 45.5 Å². The molecule has 0 aliphatic rings. The van der Waals surface area contributed by atoms with Crippen molar-refractivity contribution in [1.29, 1.82) is 0 Å². The minimum Gasteiger partial charge on any atom is -0.311 e. The summed E-state index contributed by atoms with van der Waals surface area (Å²) >= 11 is 0. The molecule has 17 heavy (non-hydrogen) atoms. The zero-order valence-electron chi connectivity index (χ0n) is 9.93. The third-order valence-corrected chi connectivity index (χ3v) is 2.30. The molecule has 1 rings (SSSR count). The van der Waals surface area contributed by atoms with Gasteiger partial charge in [0.2, 0.25) is 0 Å². The maximum atomic E-state index is 12.1. The predicted molar refractivity (Wildman–Crippen MR) is 59.5 cm³/mol. The van der Waals surface area contributed by atoms with Gasteiger partial charge in [-0.05, 0) is 19.0 Å². The molecule has 0 unspecified atom stereocenters. The summed E-state index contributed by atoms with van der Waals surface area (Å²) in [5, 5.41) is 7.00. The number of rotatable bonds is 7. The molecule has 0 aliphatic carbocycles. The molecule has 0 radical (unpaired) electrons. The molecule has 0 amide bonds. The number of hydrogen-bond donors (Lipinski definition) is 1. The first kappa shape index (κ1) is 14.0. The van der Waals surface area contributed by atoms with E-state index in [4.69, 9.17) is 0 Å². The molecule has 1 aromatic heterocycles. The summed E-state index contributed by atoms with van der Waals surface area (Å²) in [7, 11) is 0. The summed E-state index contributed by atoms with van der Waals surface area (Å²) in [6.07, 6.45) is 0.547. The van der Waals surface area contributed by atoms with E-state index in [1.807, 2.05) is 0 Å². The van der Waals surface area contributed by atoms with E-state index in [2.05, 4.69) is 17.3 Å². The van der Waals surface area contributed by atoms with Crippen LogP contribution in [0.25, 0.3) is 0 Å². The van der Waals surface area contributed by atoms with E-state index >= 15 is 0 Å². The van der Waals surface area contributed by atoms with Crippen LogP contribution < -0.4 is 5.32 Å². The fourth-order valence-electron chi connectivity index (χ4n) is 1.49. The third kappa shape index (κ3) is 6.31. The quantitative estimate of drug-likeness (QED) is 0.753. The molecule has 0 bridgehead atoms. The maximum Gasteiger partial charge on any atom is 0.408 e. The normalized spacial score (nSPS) is 12.0. The van der Waals surface area contributed by atoms with Crippen LogP contribution in [0.4, 0.5) is 13.2 Å². The van der Waals surface area contributed by atoms with Crippen molar-refractivity contribution in [3.8, 4) is 0 Å².